The molecule has 0 rings (SSSR count). The molecule has 5 nitrogen and oxygen atoms in total. The first-order valence-corrected chi connectivity index (χ1v) is 5.18. The summed E-state index contributed by atoms with van der Waals surface area (Å²) in [4.78, 5) is 21.0. The summed E-state index contributed by atoms with van der Waals surface area (Å²) < 4.78 is 0. The molecule has 0 aromatic heterocycles. The summed E-state index contributed by atoms with van der Waals surface area (Å²) >= 11 is 0. The van der Waals surface area contributed by atoms with Gasteiger partial charge in [-0.2, -0.15) is 0 Å². The van der Waals surface area contributed by atoms with Crippen LogP contribution < -0.4 is 15.9 Å². The zero-order chi connectivity index (χ0) is 11.8. The fourth-order valence-corrected chi connectivity index (χ4v) is 1.40. The van der Waals surface area contributed by atoms with Gasteiger partial charge in [-0.3, -0.25) is 0 Å². The van der Waals surface area contributed by atoms with Crippen molar-refractivity contribution in [2.24, 2.45) is 11.7 Å². The largest absolute Gasteiger partial charge is 0.550 e. The van der Waals surface area contributed by atoms with Crippen LogP contribution in [0.2, 0.25) is 0 Å². The molecular formula is C10H17NO4-2. The molecule has 0 bridgehead atoms. The van der Waals surface area contributed by atoms with Crippen molar-refractivity contribution in [3.63, 3.8) is 0 Å². The average molecular weight is 215 g/mol. The maximum Gasteiger partial charge on any atom is 0.0588 e. The lowest BCUT2D eigenvalue weighted by atomic mass is 9.94. The van der Waals surface area contributed by atoms with Crippen molar-refractivity contribution in [3.05, 3.63) is 0 Å². The van der Waals surface area contributed by atoms with E-state index in [-0.39, 0.29) is 6.42 Å². The summed E-state index contributed by atoms with van der Waals surface area (Å²) in [5, 5.41) is 21.0. The minimum atomic E-state index is -1.54. The van der Waals surface area contributed by atoms with E-state index in [1.165, 1.54) is 0 Å². The number of carbonyl (C=O) groups is 2. The fraction of sp³-hybridized carbons (Fsp3) is 0.800. The molecule has 0 aromatic rings. The van der Waals surface area contributed by atoms with E-state index >= 15 is 0 Å². The van der Waals surface area contributed by atoms with Crippen LogP contribution in [0.15, 0.2) is 0 Å². The number of hydrogen-bond acceptors (Lipinski definition) is 5. The smallest absolute Gasteiger partial charge is 0.0588 e. The van der Waals surface area contributed by atoms with Gasteiger partial charge >= 0.3 is 0 Å². The highest BCUT2D eigenvalue weighted by Gasteiger charge is 2.19. The van der Waals surface area contributed by atoms with Crippen LogP contribution in [0.3, 0.4) is 0 Å². The quantitative estimate of drug-likeness (QED) is 0.491. The van der Waals surface area contributed by atoms with Crippen LogP contribution in [0.4, 0.5) is 0 Å². The summed E-state index contributed by atoms with van der Waals surface area (Å²) in [7, 11) is 0. The fourth-order valence-electron chi connectivity index (χ4n) is 1.40. The molecule has 0 heterocycles. The monoisotopic (exact) mass is 215 g/mol. The Morgan fingerprint density at radius 3 is 2.13 bits per heavy atom. The molecule has 0 aliphatic heterocycles. The molecule has 0 aromatic carbocycles. The minimum absolute atomic E-state index is 0.234. The van der Waals surface area contributed by atoms with Crippen molar-refractivity contribution in [1.82, 2.24) is 0 Å². The van der Waals surface area contributed by atoms with Crippen LogP contribution in [-0.4, -0.2) is 18.0 Å². The zero-order valence-electron chi connectivity index (χ0n) is 8.90. The molecule has 0 amide bonds. The second kappa shape index (κ2) is 7.23. The Balaban J connectivity index is 4.05. The molecule has 0 spiro atoms. The van der Waals surface area contributed by atoms with E-state index in [0.717, 1.165) is 19.3 Å². The first-order valence-electron chi connectivity index (χ1n) is 5.18. The number of carbonyl (C=O) groups excluding carboxylic acids is 2. The van der Waals surface area contributed by atoms with Gasteiger partial charge in [0.15, 0.2) is 0 Å². The van der Waals surface area contributed by atoms with Gasteiger partial charge in [-0.05, 0) is 6.42 Å². The third-order valence-corrected chi connectivity index (χ3v) is 2.38. The van der Waals surface area contributed by atoms with Crippen LogP contribution in [0.25, 0.3) is 0 Å². The Hall–Kier alpha value is -1.10. The van der Waals surface area contributed by atoms with Gasteiger partial charge in [0.25, 0.3) is 0 Å². The number of hydrogen-bond donors (Lipinski definition) is 1. The summed E-state index contributed by atoms with van der Waals surface area (Å²) in [6.45, 7) is 2.03. The highest BCUT2D eigenvalue weighted by molar-refractivity contribution is 5.80. The number of carboxylic acid groups (broad SMARTS) is 2. The molecule has 0 aliphatic rings. The van der Waals surface area contributed by atoms with Crippen molar-refractivity contribution in [2.75, 3.05) is 0 Å². The lowest BCUT2D eigenvalue weighted by Gasteiger charge is -2.25. The number of rotatable bonds is 8. The second-order valence-electron chi connectivity index (χ2n) is 3.62. The lowest BCUT2D eigenvalue weighted by Crippen LogP contribution is -2.52. The minimum Gasteiger partial charge on any atom is -0.550 e. The van der Waals surface area contributed by atoms with Gasteiger partial charge in [0, 0.05) is 11.9 Å². The van der Waals surface area contributed by atoms with Gasteiger partial charge in [-0.15, -0.1) is 0 Å². The maximum absolute atomic E-state index is 10.6. The van der Waals surface area contributed by atoms with E-state index in [2.05, 4.69) is 0 Å². The molecule has 2 N–H and O–H groups in total. The van der Waals surface area contributed by atoms with Crippen LogP contribution in [0.5, 0.6) is 0 Å². The van der Waals surface area contributed by atoms with E-state index in [1.54, 1.807) is 0 Å². The average Bonchev–Trinajstić information content (AvgIpc) is 2.16. The summed E-state index contributed by atoms with van der Waals surface area (Å²) in [6, 6.07) is -1.48. The predicted octanol–water partition coefficient (Wildman–Crippen LogP) is -1.60. The molecule has 2 atom stereocenters. The van der Waals surface area contributed by atoms with E-state index in [0.29, 0.717) is 6.42 Å². The number of nitrogens with two attached hydrogens (primary N) is 1. The van der Waals surface area contributed by atoms with Gasteiger partial charge in [0.1, 0.15) is 0 Å². The van der Waals surface area contributed by atoms with Crippen LogP contribution in [0, 0.1) is 5.92 Å². The molecule has 88 valence electrons. The normalized spacial score (nSPS) is 14.5. The Morgan fingerprint density at radius 2 is 1.73 bits per heavy atom. The first-order chi connectivity index (χ1) is 7.00. The molecule has 0 fully saturated rings. The molecular weight excluding hydrogens is 198 g/mol. The van der Waals surface area contributed by atoms with Crippen molar-refractivity contribution in [2.45, 2.75) is 45.1 Å². The van der Waals surface area contributed by atoms with Gasteiger partial charge in [-0.25, -0.2) is 0 Å². The van der Waals surface area contributed by atoms with Crippen molar-refractivity contribution >= 4 is 11.9 Å². The van der Waals surface area contributed by atoms with E-state index in [9.17, 15) is 19.8 Å². The molecule has 0 radical (unpaired) electrons. The highest BCUT2D eigenvalue weighted by atomic mass is 16.4. The van der Waals surface area contributed by atoms with Crippen molar-refractivity contribution < 1.29 is 19.8 Å². The first kappa shape index (κ1) is 13.9. The van der Waals surface area contributed by atoms with Crippen LogP contribution in [-0.2, 0) is 9.59 Å². The summed E-state index contributed by atoms with van der Waals surface area (Å²) in [5.41, 5.74) is 5.19. The molecule has 0 saturated carbocycles. The molecule has 0 saturated heterocycles. The highest BCUT2D eigenvalue weighted by Crippen LogP contribution is 2.13. The predicted molar refractivity (Wildman–Crippen MR) is 50.2 cm³/mol. The Morgan fingerprint density at radius 1 is 1.13 bits per heavy atom. The molecule has 15 heavy (non-hydrogen) atoms. The summed E-state index contributed by atoms with van der Waals surface area (Å²) in [5.74, 6) is -4.10. The lowest BCUT2D eigenvalue weighted by molar-refractivity contribution is -0.322. The van der Waals surface area contributed by atoms with Gasteiger partial charge in [0.2, 0.25) is 0 Å². The van der Waals surface area contributed by atoms with Crippen molar-refractivity contribution in [1.29, 1.82) is 0 Å². The van der Waals surface area contributed by atoms with Gasteiger partial charge in [-0.1, -0.05) is 32.6 Å². The third-order valence-electron chi connectivity index (χ3n) is 2.38. The second-order valence-corrected chi connectivity index (χ2v) is 3.62. The van der Waals surface area contributed by atoms with E-state index in [1.807, 2.05) is 6.92 Å². The summed E-state index contributed by atoms with van der Waals surface area (Å²) in [6.07, 6.45) is 3.79. The molecule has 0 aliphatic carbocycles. The van der Waals surface area contributed by atoms with Crippen LogP contribution in [0.1, 0.15) is 39.0 Å². The zero-order valence-corrected chi connectivity index (χ0v) is 8.90. The van der Waals surface area contributed by atoms with Gasteiger partial charge < -0.3 is 25.5 Å². The molecule has 5 heteroatoms. The Labute approximate surface area is 89.3 Å². The van der Waals surface area contributed by atoms with E-state index in [4.69, 9.17) is 5.73 Å². The number of carboxylic acids is 2. The molecule has 2 unspecified atom stereocenters. The maximum atomic E-state index is 10.6. The van der Waals surface area contributed by atoms with E-state index < -0.39 is 23.9 Å². The Kier molecular flexibility index (Phi) is 6.70. The topological polar surface area (TPSA) is 106 Å². The third kappa shape index (κ3) is 5.37. The van der Waals surface area contributed by atoms with Gasteiger partial charge in [0.05, 0.1) is 12.0 Å². The number of aliphatic carboxylic acids is 2. The SMILES string of the molecule is CCCCCCC(C(=O)[O-])C(N)C(=O)[O-]. The Bertz CT molecular complexity index is 217. The van der Waals surface area contributed by atoms with Crippen LogP contribution >= 0.6 is 0 Å². The van der Waals surface area contributed by atoms with Crippen molar-refractivity contribution in [3.8, 4) is 0 Å². The number of unbranched alkanes of at least 4 members (excludes halogenated alkanes) is 3. The standard InChI is InChI=1S/C10H19NO4/c1-2-3-4-5-6-7(9(12)13)8(11)10(14)15/h7-8H,2-6,11H2,1H3,(H,12,13)(H,14,15)/p-2.